The zero-order valence-corrected chi connectivity index (χ0v) is 19.9. The van der Waals surface area contributed by atoms with Gasteiger partial charge in [-0.2, -0.15) is 13.2 Å². The van der Waals surface area contributed by atoms with Crippen LogP contribution in [0.1, 0.15) is 42.7 Å². The van der Waals surface area contributed by atoms with Crippen molar-refractivity contribution in [3.05, 3.63) is 53.6 Å². The van der Waals surface area contributed by atoms with E-state index in [-0.39, 0.29) is 36.6 Å². The van der Waals surface area contributed by atoms with Gasteiger partial charge < -0.3 is 30.5 Å². The van der Waals surface area contributed by atoms with Gasteiger partial charge in [0.05, 0.1) is 24.7 Å². The quantitative estimate of drug-likeness (QED) is 0.437. The van der Waals surface area contributed by atoms with Crippen LogP contribution in [0.25, 0.3) is 0 Å². The number of carbonyl (C=O) groups excluding carboxylic acids is 2. The molecule has 2 aromatic carbocycles. The smallest absolute Gasteiger partial charge is 0.416 e. The molecule has 0 radical (unpaired) electrons. The van der Waals surface area contributed by atoms with Crippen molar-refractivity contribution >= 4 is 23.3 Å². The van der Waals surface area contributed by atoms with Gasteiger partial charge in [0.1, 0.15) is 18.0 Å². The molecule has 1 aliphatic carbocycles. The summed E-state index contributed by atoms with van der Waals surface area (Å²) in [6, 6.07) is 8.69. The number of nitrogens with one attached hydrogen (secondary N) is 3. The number of ether oxygens (including phenoxy) is 2. The van der Waals surface area contributed by atoms with Gasteiger partial charge in [-0.1, -0.05) is 0 Å². The number of hydrogen-bond donors (Lipinski definition) is 4. The Morgan fingerprint density at radius 3 is 2.41 bits per heavy atom. The molecule has 2 aromatic rings. The first-order chi connectivity index (χ1) is 17.7. The molecule has 4 atom stereocenters. The number of carbonyl (C=O) groups is 2. The van der Waals surface area contributed by atoms with E-state index in [1.165, 1.54) is 12.1 Å². The highest BCUT2D eigenvalue weighted by Crippen LogP contribution is 2.47. The lowest BCUT2D eigenvalue weighted by Gasteiger charge is -2.37. The number of benzene rings is 2. The fraction of sp³-hybridized carbons (Fsp3) is 0.462. The summed E-state index contributed by atoms with van der Waals surface area (Å²) < 4.78 is 50.3. The molecule has 11 heteroatoms. The Morgan fingerprint density at radius 1 is 1.03 bits per heavy atom. The largest absolute Gasteiger partial charge is 0.487 e. The second-order valence-corrected chi connectivity index (χ2v) is 9.76. The maximum Gasteiger partial charge on any atom is 0.416 e. The fourth-order valence-electron chi connectivity index (χ4n) is 4.86. The number of hydrogen-bond acceptors (Lipinski definition) is 5. The fourth-order valence-corrected chi connectivity index (χ4v) is 4.86. The monoisotopic (exact) mass is 519 g/mol. The van der Waals surface area contributed by atoms with Crippen molar-refractivity contribution in [1.29, 1.82) is 0 Å². The van der Waals surface area contributed by atoms with Crippen LogP contribution in [0.4, 0.5) is 29.3 Å². The highest BCUT2D eigenvalue weighted by Gasteiger charge is 2.46. The molecule has 2 aliphatic heterocycles. The summed E-state index contributed by atoms with van der Waals surface area (Å²) >= 11 is 0. The number of alkyl halides is 3. The lowest BCUT2D eigenvalue weighted by atomic mass is 9.84. The van der Waals surface area contributed by atoms with Gasteiger partial charge in [0.25, 0.3) is 0 Å². The second kappa shape index (κ2) is 10.2. The number of anilines is 2. The van der Waals surface area contributed by atoms with Crippen LogP contribution in [0.15, 0.2) is 42.5 Å². The lowest BCUT2D eigenvalue weighted by Crippen LogP contribution is -2.47. The molecule has 1 saturated heterocycles. The van der Waals surface area contributed by atoms with E-state index in [2.05, 4.69) is 16.0 Å². The van der Waals surface area contributed by atoms with Gasteiger partial charge >= 0.3 is 12.2 Å². The van der Waals surface area contributed by atoms with Gasteiger partial charge in [-0.05, 0) is 67.6 Å². The van der Waals surface area contributed by atoms with Crippen molar-refractivity contribution in [2.75, 3.05) is 23.8 Å². The average Bonchev–Trinajstić information content (AvgIpc) is 3.62. The summed E-state index contributed by atoms with van der Waals surface area (Å²) in [4.78, 5) is 24.8. The van der Waals surface area contributed by atoms with E-state index >= 15 is 0 Å². The highest BCUT2D eigenvalue weighted by atomic mass is 19.4. The number of aliphatic hydroxyl groups excluding tert-OH is 1. The van der Waals surface area contributed by atoms with Gasteiger partial charge in [0, 0.05) is 29.4 Å². The summed E-state index contributed by atoms with van der Waals surface area (Å²) in [5.41, 5.74) is 0.719. The maximum atomic E-state index is 12.7. The van der Waals surface area contributed by atoms with E-state index < -0.39 is 30.0 Å². The van der Waals surface area contributed by atoms with Crippen molar-refractivity contribution in [3.8, 4) is 5.75 Å². The first kappa shape index (κ1) is 25.3. The van der Waals surface area contributed by atoms with Crippen LogP contribution >= 0.6 is 0 Å². The van der Waals surface area contributed by atoms with Gasteiger partial charge in [0.15, 0.2) is 0 Å². The third-order valence-electron chi connectivity index (χ3n) is 6.93. The van der Waals surface area contributed by atoms with Crippen molar-refractivity contribution in [1.82, 2.24) is 5.32 Å². The van der Waals surface area contributed by atoms with Crippen molar-refractivity contribution in [2.24, 2.45) is 5.92 Å². The minimum absolute atomic E-state index is 0.0819. The SMILES string of the molecule is O=C(C[C@H]1C[C@H]2c3cc(NC(=O)Nc4ccc(C(F)(F)F)cc4)ccc3O[C@H]2[C@H](CO)O1)NCC1CC1. The zero-order chi connectivity index (χ0) is 26.2. The topological polar surface area (TPSA) is 109 Å². The Balaban J connectivity index is 1.23. The van der Waals surface area contributed by atoms with Crippen molar-refractivity contribution in [2.45, 2.75) is 56.1 Å². The standard InChI is InChI=1S/C26H28F3N3O5/c27-26(28,29)15-3-5-16(6-4-15)31-25(35)32-17-7-8-21-19(9-17)20-10-18(36-22(13-33)24(20)37-21)11-23(34)30-12-14-1-2-14/h3-9,14,18,20,22,24,33H,1-2,10-13H2,(H,30,34)(H2,31,32,35)/t18-,20+,22+,24-/m1/s1. The van der Waals surface area contributed by atoms with E-state index in [0.29, 0.717) is 30.3 Å². The summed E-state index contributed by atoms with van der Waals surface area (Å²) in [5, 5.41) is 18.0. The second-order valence-electron chi connectivity index (χ2n) is 9.76. The summed E-state index contributed by atoms with van der Waals surface area (Å²) in [6.45, 7) is 0.423. The minimum Gasteiger partial charge on any atom is -0.487 e. The van der Waals surface area contributed by atoms with E-state index in [1.54, 1.807) is 18.2 Å². The lowest BCUT2D eigenvalue weighted by molar-refractivity contribution is -0.142. The summed E-state index contributed by atoms with van der Waals surface area (Å²) in [5.74, 6) is 0.969. The van der Waals surface area contributed by atoms with Crippen LogP contribution in [0.5, 0.6) is 5.75 Å². The molecule has 0 aromatic heterocycles. The molecule has 5 rings (SSSR count). The van der Waals surface area contributed by atoms with Crippen LogP contribution in [0.2, 0.25) is 0 Å². The van der Waals surface area contributed by atoms with E-state index in [0.717, 1.165) is 30.5 Å². The van der Waals surface area contributed by atoms with E-state index in [9.17, 15) is 27.9 Å². The molecule has 37 heavy (non-hydrogen) atoms. The number of aliphatic hydroxyl groups is 1. The van der Waals surface area contributed by atoms with Gasteiger partial charge in [-0.25, -0.2) is 4.79 Å². The van der Waals surface area contributed by atoms with Crippen LogP contribution in [0, 0.1) is 5.92 Å². The number of halogens is 3. The highest BCUT2D eigenvalue weighted by molar-refractivity contribution is 5.99. The molecule has 8 nitrogen and oxygen atoms in total. The molecular formula is C26H28F3N3O5. The Hall–Kier alpha value is -3.31. The predicted octanol–water partition coefficient (Wildman–Crippen LogP) is 4.26. The molecule has 3 amide bonds. The first-order valence-electron chi connectivity index (χ1n) is 12.3. The van der Waals surface area contributed by atoms with Crippen molar-refractivity contribution in [3.63, 3.8) is 0 Å². The molecule has 2 fully saturated rings. The molecule has 1 saturated carbocycles. The summed E-state index contributed by atoms with van der Waals surface area (Å²) in [7, 11) is 0. The maximum absolute atomic E-state index is 12.7. The molecule has 0 unspecified atom stereocenters. The molecule has 2 heterocycles. The zero-order valence-electron chi connectivity index (χ0n) is 19.9. The van der Waals surface area contributed by atoms with Crippen molar-refractivity contribution < 1.29 is 37.3 Å². The van der Waals surface area contributed by atoms with Crippen LogP contribution in [0.3, 0.4) is 0 Å². The Labute approximate surface area is 211 Å². The molecular weight excluding hydrogens is 491 g/mol. The van der Waals surface area contributed by atoms with Crippen LogP contribution in [-0.2, 0) is 15.7 Å². The number of fused-ring (bicyclic) bond motifs is 3. The predicted molar refractivity (Wildman–Crippen MR) is 128 cm³/mol. The van der Waals surface area contributed by atoms with E-state index in [4.69, 9.17) is 9.47 Å². The Bertz CT molecular complexity index is 1150. The van der Waals surface area contributed by atoms with Gasteiger partial charge in [0.2, 0.25) is 5.91 Å². The molecule has 3 aliphatic rings. The third-order valence-corrected chi connectivity index (χ3v) is 6.93. The number of rotatable bonds is 7. The van der Waals surface area contributed by atoms with E-state index in [1.807, 2.05) is 0 Å². The Morgan fingerprint density at radius 2 is 1.73 bits per heavy atom. The molecule has 198 valence electrons. The Kier molecular flexibility index (Phi) is 7.00. The summed E-state index contributed by atoms with van der Waals surface area (Å²) in [6.07, 6.45) is -2.85. The van der Waals surface area contributed by atoms with Gasteiger partial charge in [-0.3, -0.25) is 4.79 Å². The first-order valence-corrected chi connectivity index (χ1v) is 12.3. The molecule has 0 spiro atoms. The third kappa shape index (κ3) is 5.99. The molecule has 0 bridgehead atoms. The number of amides is 3. The van der Waals surface area contributed by atoms with Crippen LogP contribution < -0.4 is 20.7 Å². The number of urea groups is 1. The van der Waals surface area contributed by atoms with Gasteiger partial charge in [-0.15, -0.1) is 0 Å². The average molecular weight is 520 g/mol. The van der Waals surface area contributed by atoms with Crippen LogP contribution in [-0.4, -0.2) is 48.5 Å². The minimum atomic E-state index is -4.45. The normalized spacial score (nSPS) is 24.4. The molecule has 4 N–H and O–H groups in total.